The Morgan fingerprint density at radius 3 is 2.61 bits per heavy atom. The van der Waals surface area contributed by atoms with Gasteiger partial charge in [0, 0.05) is 18.7 Å². The fraction of sp³-hybridized carbons (Fsp3) is 0.368. The molecule has 3 rings (SSSR count). The Kier molecular flexibility index (Phi) is 5.45. The van der Waals surface area contributed by atoms with E-state index >= 15 is 0 Å². The fourth-order valence-electron chi connectivity index (χ4n) is 3.09. The SMILES string of the molecule is O=C(C1=CC[CH]C(Cc2ccc(Cl)c(Cl)c2)=C1)N1CCCCC1. The van der Waals surface area contributed by atoms with Crippen LogP contribution in [0.4, 0.5) is 0 Å². The summed E-state index contributed by atoms with van der Waals surface area (Å²) in [7, 11) is 0. The van der Waals surface area contributed by atoms with Crippen molar-refractivity contribution in [2.45, 2.75) is 32.1 Å². The first-order valence-electron chi connectivity index (χ1n) is 8.10. The molecule has 1 aliphatic heterocycles. The normalized spacial score (nSPS) is 18.4. The average Bonchev–Trinajstić information content (AvgIpc) is 2.58. The molecule has 2 aliphatic rings. The molecule has 1 saturated heterocycles. The average molecular weight is 349 g/mol. The summed E-state index contributed by atoms with van der Waals surface area (Å²) in [4.78, 5) is 14.6. The number of rotatable bonds is 3. The molecule has 0 saturated carbocycles. The van der Waals surface area contributed by atoms with Crippen molar-refractivity contribution in [1.82, 2.24) is 4.90 Å². The van der Waals surface area contributed by atoms with Crippen molar-refractivity contribution in [2.24, 2.45) is 0 Å². The van der Waals surface area contributed by atoms with Gasteiger partial charge in [-0.3, -0.25) is 4.79 Å². The Morgan fingerprint density at radius 1 is 1.09 bits per heavy atom. The van der Waals surface area contributed by atoms with E-state index in [9.17, 15) is 4.79 Å². The van der Waals surface area contributed by atoms with Crippen LogP contribution in [0.1, 0.15) is 31.2 Å². The molecule has 0 bridgehead atoms. The van der Waals surface area contributed by atoms with E-state index in [-0.39, 0.29) is 5.91 Å². The van der Waals surface area contributed by atoms with Gasteiger partial charge >= 0.3 is 0 Å². The monoisotopic (exact) mass is 348 g/mol. The summed E-state index contributed by atoms with van der Waals surface area (Å²) < 4.78 is 0. The fourth-order valence-corrected chi connectivity index (χ4v) is 3.41. The van der Waals surface area contributed by atoms with Gasteiger partial charge in [0.25, 0.3) is 5.91 Å². The molecule has 1 amide bonds. The lowest BCUT2D eigenvalue weighted by molar-refractivity contribution is -0.127. The van der Waals surface area contributed by atoms with E-state index in [1.807, 2.05) is 35.3 Å². The largest absolute Gasteiger partial charge is 0.339 e. The Hall–Kier alpha value is -1.25. The highest BCUT2D eigenvalue weighted by Gasteiger charge is 2.20. The molecule has 1 aromatic rings. The van der Waals surface area contributed by atoms with Gasteiger partial charge in [-0.1, -0.05) is 40.9 Å². The van der Waals surface area contributed by atoms with Crippen molar-refractivity contribution in [3.63, 3.8) is 0 Å². The summed E-state index contributed by atoms with van der Waals surface area (Å²) in [5, 5.41) is 1.14. The molecule has 0 unspecified atom stereocenters. The molecule has 0 atom stereocenters. The van der Waals surface area contributed by atoms with Crippen molar-refractivity contribution in [3.8, 4) is 0 Å². The molecule has 2 nitrogen and oxygen atoms in total. The number of likely N-dealkylation sites (tertiary alicyclic amines) is 1. The Bertz CT molecular complexity index is 657. The Labute approximate surface area is 147 Å². The molecule has 121 valence electrons. The molecule has 1 fully saturated rings. The number of hydrogen-bond acceptors (Lipinski definition) is 1. The lowest BCUT2D eigenvalue weighted by Gasteiger charge is -2.28. The second-order valence-electron chi connectivity index (χ2n) is 6.10. The van der Waals surface area contributed by atoms with E-state index in [0.29, 0.717) is 10.0 Å². The molecule has 1 aromatic carbocycles. The molecule has 4 heteroatoms. The van der Waals surface area contributed by atoms with E-state index in [0.717, 1.165) is 55.5 Å². The van der Waals surface area contributed by atoms with Gasteiger partial charge in [0.2, 0.25) is 0 Å². The standard InChI is InChI=1S/C19H20Cl2NO/c20-17-8-7-15(13-18(17)21)11-14-5-4-6-16(12-14)19(23)22-9-2-1-3-10-22/h5-8,12-13H,1-4,9-11H2. The van der Waals surface area contributed by atoms with Gasteiger partial charge in [-0.15, -0.1) is 0 Å². The number of amides is 1. The van der Waals surface area contributed by atoms with Crippen LogP contribution >= 0.6 is 23.2 Å². The number of nitrogens with zero attached hydrogens (tertiary/aromatic N) is 1. The maximum atomic E-state index is 12.6. The van der Waals surface area contributed by atoms with Gasteiger partial charge < -0.3 is 4.90 Å². The van der Waals surface area contributed by atoms with Crippen LogP contribution < -0.4 is 0 Å². The number of carbonyl (C=O) groups is 1. The third kappa shape index (κ3) is 4.19. The highest BCUT2D eigenvalue weighted by molar-refractivity contribution is 6.42. The van der Waals surface area contributed by atoms with Crippen LogP contribution in [0.2, 0.25) is 10.0 Å². The minimum Gasteiger partial charge on any atom is -0.339 e. The van der Waals surface area contributed by atoms with Crippen LogP contribution in [0.15, 0.2) is 41.5 Å². The van der Waals surface area contributed by atoms with E-state index < -0.39 is 0 Å². The molecule has 0 spiro atoms. The molecule has 23 heavy (non-hydrogen) atoms. The van der Waals surface area contributed by atoms with E-state index in [4.69, 9.17) is 23.2 Å². The molecule has 0 aromatic heterocycles. The number of piperidine rings is 1. The summed E-state index contributed by atoms with van der Waals surface area (Å²) in [5.41, 5.74) is 3.09. The quantitative estimate of drug-likeness (QED) is 0.751. The topological polar surface area (TPSA) is 20.3 Å². The second-order valence-corrected chi connectivity index (χ2v) is 6.91. The zero-order chi connectivity index (χ0) is 16.2. The maximum absolute atomic E-state index is 12.6. The zero-order valence-electron chi connectivity index (χ0n) is 13.0. The van der Waals surface area contributed by atoms with Crippen LogP contribution in [0.5, 0.6) is 0 Å². The van der Waals surface area contributed by atoms with E-state index in [2.05, 4.69) is 6.42 Å². The van der Waals surface area contributed by atoms with Gasteiger partial charge in [0.05, 0.1) is 10.0 Å². The van der Waals surface area contributed by atoms with Gasteiger partial charge in [-0.25, -0.2) is 0 Å². The minimum atomic E-state index is 0.171. The first-order valence-corrected chi connectivity index (χ1v) is 8.86. The van der Waals surface area contributed by atoms with E-state index in [1.54, 1.807) is 0 Å². The summed E-state index contributed by atoms with van der Waals surface area (Å²) in [6.07, 6.45) is 11.2. The van der Waals surface area contributed by atoms with Crippen molar-refractivity contribution in [3.05, 3.63) is 63.5 Å². The van der Waals surface area contributed by atoms with Crippen molar-refractivity contribution in [1.29, 1.82) is 0 Å². The predicted molar refractivity (Wildman–Crippen MR) is 95.7 cm³/mol. The van der Waals surface area contributed by atoms with Gasteiger partial charge in [0.15, 0.2) is 0 Å². The lowest BCUT2D eigenvalue weighted by Crippen LogP contribution is -2.36. The summed E-state index contributed by atoms with van der Waals surface area (Å²) in [5.74, 6) is 0.171. The van der Waals surface area contributed by atoms with Crippen molar-refractivity contribution >= 4 is 29.1 Å². The summed E-state index contributed by atoms with van der Waals surface area (Å²) >= 11 is 12.0. The summed E-state index contributed by atoms with van der Waals surface area (Å²) in [6, 6.07) is 5.69. The number of hydrogen-bond donors (Lipinski definition) is 0. The first-order chi connectivity index (χ1) is 11.1. The number of benzene rings is 1. The zero-order valence-corrected chi connectivity index (χ0v) is 14.5. The van der Waals surface area contributed by atoms with Gasteiger partial charge in [-0.2, -0.15) is 0 Å². The smallest absolute Gasteiger partial charge is 0.253 e. The van der Waals surface area contributed by atoms with Crippen molar-refractivity contribution < 1.29 is 4.79 Å². The summed E-state index contributed by atoms with van der Waals surface area (Å²) in [6.45, 7) is 1.77. The van der Waals surface area contributed by atoms with Gasteiger partial charge in [-0.05, 0) is 62.3 Å². The minimum absolute atomic E-state index is 0.171. The first kappa shape index (κ1) is 16.6. The molecular weight excluding hydrogens is 329 g/mol. The van der Waals surface area contributed by atoms with Crippen molar-refractivity contribution in [2.75, 3.05) is 13.1 Å². The van der Waals surface area contributed by atoms with Gasteiger partial charge in [0.1, 0.15) is 0 Å². The van der Waals surface area contributed by atoms with Crippen LogP contribution in [0.3, 0.4) is 0 Å². The maximum Gasteiger partial charge on any atom is 0.253 e. The highest BCUT2D eigenvalue weighted by Crippen LogP contribution is 2.27. The number of allylic oxidation sites excluding steroid dienone is 2. The van der Waals surface area contributed by atoms with Crippen LogP contribution in [-0.4, -0.2) is 23.9 Å². The number of halogens is 2. The van der Waals surface area contributed by atoms with Crippen LogP contribution in [0, 0.1) is 6.42 Å². The molecular formula is C19H20Cl2NO. The molecule has 1 aliphatic carbocycles. The Morgan fingerprint density at radius 2 is 1.87 bits per heavy atom. The number of carbonyl (C=O) groups excluding carboxylic acids is 1. The third-order valence-electron chi connectivity index (χ3n) is 4.34. The predicted octanol–water partition coefficient (Wildman–Crippen LogP) is 5.01. The molecule has 1 heterocycles. The van der Waals surface area contributed by atoms with Crippen LogP contribution in [0.25, 0.3) is 0 Å². The second kappa shape index (κ2) is 7.55. The molecule has 1 radical (unpaired) electrons. The molecule has 0 N–H and O–H groups in total. The third-order valence-corrected chi connectivity index (χ3v) is 5.08. The van der Waals surface area contributed by atoms with Crippen LogP contribution in [-0.2, 0) is 11.2 Å². The Balaban J connectivity index is 1.70. The highest BCUT2D eigenvalue weighted by atomic mass is 35.5. The lowest BCUT2D eigenvalue weighted by atomic mass is 9.93. The van der Waals surface area contributed by atoms with E-state index in [1.165, 1.54) is 6.42 Å².